The molecule has 9 rings (SSSR count). The number of rotatable bonds is 8. The van der Waals surface area contributed by atoms with Crippen molar-refractivity contribution in [2.45, 2.75) is 43.3 Å². The summed E-state index contributed by atoms with van der Waals surface area (Å²) in [5.74, 6) is -23.4. The zero-order chi connectivity index (χ0) is 58.6. The van der Waals surface area contributed by atoms with Gasteiger partial charge in [0.15, 0.2) is 46.0 Å². The maximum absolute atomic E-state index is 12.3. The van der Waals surface area contributed by atoms with E-state index in [9.17, 15) is 113 Å². The van der Waals surface area contributed by atoms with Gasteiger partial charge in [-0.2, -0.15) is 33.7 Å². The highest BCUT2D eigenvalue weighted by atomic mass is 32.2. The molecule has 0 heterocycles. The second-order valence-corrected chi connectivity index (χ2v) is 24.0. The van der Waals surface area contributed by atoms with Crippen LogP contribution < -0.4 is 0 Å². The molecular formula is C52H40O24S4. The van der Waals surface area contributed by atoms with Gasteiger partial charge in [0, 0.05) is 68.2 Å². The van der Waals surface area contributed by atoms with E-state index in [0.717, 1.165) is 121 Å². The van der Waals surface area contributed by atoms with Crippen LogP contribution in [0.4, 0.5) is 0 Å². The van der Waals surface area contributed by atoms with Crippen molar-refractivity contribution in [2.24, 2.45) is 0 Å². The molecule has 16 N–H and O–H groups in total. The maximum Gasteiger partial charge on any atom is 0.294 e. The monoisotopic (exact) mass is 1180 g/mol. The summed E-state index contributed by atoms with van der Waals surface area (Å²) in [6.45, 7) is 0. The Kier molecular flexibility index (Phi) is 13.5. The van der Waals surface area contributed by atoms with Gasteiger partial charge in [-0.1, -0.05) is 48.5 Å². The molecule has 8 aromatic rings. The number of phenolic OH excluding ortho intramolecular Hbond substituents is 12. The fourth-order valence-corrected chi connectivity index (χ4v) is 11.9. The normalized spacial score (nSPS) is 16.8. The SMILES string of the molecule is O=S(=O)(O)c1ccc(C2c3cc(c(O)c(O)c3O)C(c3ccc(S(=O)(=O)O)cc3)c3cc(c(O)c(O)c3O)C(c3ccc(S(=O)(=O)O)cc3)c3cc(c(O)c(O)c3O)C(c3ccc(S(=O)(=O)O)cc3)c3cc2c(O)c(O)c3O)cc1. The van der Waals surface area contributed by atoms with Gasteiger partial charge in [0.2, 0.25) is 23.0 Å². The van der Waals surface area contributed by atoms with E-state index in [1.165, 1.54) is 0 Å². The van der Waals surface area contributed by atoms with Crippen molar-refractivity contribution >= 4 is 40.5 Å². The van der Waals surface area contributed by atoms with Gasteiger partial charge >= 0.3 is 0 Å². The highest BCUT2D eigenvalue weighted by Crippen LogP contribution is 2.60. The molecular weight excluding hydrogens is 1140 g/mol. The summed E-state index contributed by atoms with van der Waals surface area (Å²) in [6, 6.07) is 18.3. The molecule has 0 amide bonds. The van der Waals surface area contributed by atoms with Crippen molar-refractivity contribution in [3.8, 4) is 69.0 Å². The topological polar surface area (TPSA) is 460 Å². The van der Waals surface area contributed by atoms with E-state index >= 15 is 0 Å². The van der Waals surface area contributed by atoms with E-state index < -0.39 is 197 Å². The number of fused-ring (bicyclic) bond motifs is 8. The summed E-state index contributed by atoms with van der Waals surface area (Å²) in [5, 5.41) is 143. The van der Waals surface area contributed by atoms with Crippen molar-refractivity contribution in [1.29, 1.82) is 0 Å². The number of hydrogen-bond acceptors (Lipinski definition) is 20. The third kappa shape index (κ3) is 9.53. The van der Waals surface area contributed by atoms with Gasteiger partial charge in [-0.15, -0.1) is 0 Å². The minimum atomic E-state index is -4.96. The lowest BCUT2D eigenvalue weighted by Gasteiger charge is -2.30. The molecule has 0 atom stereocenters. The molecule has 0 aliphatic heterocycles. The molecule has 1 aliphatic carbocycles. The van der Waals surface area contributed by atoms with Crippen LogP contribution in [0.2, 0.25) is 0 Å². The third-order valence-corrected chi connectivity index (χ3v) is 17.2. The molecule has 0 spiro atoms. The molecule has 0 saturated carbocycles. The Morgan fingerprint density at radius 2 is 0.338 bits per heavy atom. The Morgan fingerprint density at radius 1 is 0.212 bits per heavy atom. The van der Waals surface area contributed by atoms with Crippen molar-refractivity contribution < 1.29 is 113 Å². The lowest BCUT2D eigenvalue weighted by molar-refractivity contribution is 0.353. The minimum absolute atomic E-state index is 0.234. The summed E-state index contributed by atoms with van der Waals surface area (Å²) >= 11 is 0. The van der Waals surface area contributed by atoms with Gasteiger partial charge in [-0.05, 0) is 95.1 Å². The van der Waals surface area contributed by atoms with Crippen molar-refractivity contribution in [3.63, 3.8) is 0 Å². The first-order chi connectivity index (χ1) is 37.2. The summed E-state index contributed by atoms with van der Waals surface area (Å²) in [4.78, 5) is -2.90. The van der Waals surface area contributed by atoms with Crippen LogP contribution in [0.3, 0.4) is 0 Å². The summed E-state index contributed by atoms with van der Waals surface area (Å²) in [5.41, 5.74) is -6.09. The molecule has 0 saturated heterocycles. The zero-order valence-corrected chi connectivity index (χ0v) is 43.2. The van der Waals surface area contributed by atoms with Crippen molar-refractivity contribution in [2.75, 3.05) is 0 Å². The van der Waals surface area contributed by atoms with E-state index in [4.69, 9.17) is 0 Å². The second kappa shape index (κ2) is 19.4. The van der Waals surface area contributed by atoms with Gasteiger partial charge < -0.3 is 61.3 Å². The predicted octanol–water partition coefficient (Wildman–Crippen LogP) is 6.17. The van der Waals surface area contributed by atoms with Crippen molar-refractivity contribution in [1.82, 2.24) is 0 Å². The molecule has 0 unspecified atom stereocenters. The maximum atomic E-state index is 12.3. The van der Waals surface area contributed by atoms with E-state index in [2.05, 4.69) is 0 Å². The largest absolute Gasteiger partial charge is 0.504 e. The second-order valence-electron chi connectivity index (χ2n) is 18.3. The van der Waals surface area contributed by atoms with Crippen LogP contribution in [-0.4, -0.2) is 113 Å². The first kappa shape index (κ1) is 55.7. The van der Waals surface area contributed by atoms with Crippen LogP contribution in [0.5, 0.6) is 69.0 Å². The molecule has 24 nitrogen and oxygen atoms in total. The van der Waals surface area contributed by atoms with Crippen LogP contribution in [0.15, 0.2) is 141 Å². The molecule has 80 heavy (non-hydrogen) atoms. The van der Waals surface area contributed by atoms with E-state index in [0.29, 0.717) is 0 Å². The van der Waals surface area contributed by atoms with Gasteiger partial charge in [-0.3, -0.25) is 18.2 Å². The molecule has 0 radical (unpaired) electrons. The van der Waals surface area contributed by atoms with Crippen LogP contribution in [0, 0.1) is 0 Å². The first-order valence-electron chi connectivity index (χ1n) is 22.6. The molecule has 0 fully saturated rings. The van der Waals surface area contributed by atoms with Crippen LogP contribution in [0.1, 0.15) is 90.4 Å². The Labute approximate surface area is 451 Å². The quantitative estimate of drug-likeness (QED) is 0.0597. The van der Waals surface area contributed by atoms with Gasteiger partial charge in [0.1, 0.15) is 0 Å². The van der Waals surface area contributed by atoms with Crippen molar-refractivity contribution in [3.05, 3.63) is 188 Å². The fraction of sp³-hybridized carbons (Fsp3) is 0.0769. The summed E-state index contributed by atoms with van der Waals surface area (Å²) in [7, 11) is -19.8. The molecule has 416 valence electrons. The summed E-state index contributed by atoms with van der Waals surface area (Å²) in [6.07, 6.45) is 0. The zero-order valence-electron chi connectivity index (χ0n) is 39.9. The Hall–Kier alpha value is -9.00. The molecule has 0 aromatic heterocycles. The highest BCUT2D eigenvalue weighted by Gasteiger charge is 2.39. The standard InChI is InChI=1S/C52H40O24S4/c53-41-29-17-31(43(55)49(41)61)38(22-3-11-26(12-4-22)78(68,69)70)33-19-35(47(59)51(63)45(33)57)40(24-7-15-28(16-8-24)80(74,75)76)36-20-34(46(58)52(64)48(36)60)39(23-5-13-27(14-6-23)79(71,72)73)32-18-30(42(54)50(62)44(32)56)37(29)21-1-9-25(10-2-21)77(65,66)67/h1-20,37-40,53-64H,(H,65,66,67)(H,68,69,70)(H,71,72,73)(H,74,75,76). The third-order valence-electron chi connectivity index (χ3n) is 13.8. The molecule has 28 heteroatoms. The number of aromatic hydroxyl groups is 12. The Bertz CT molecular complexity index is 3680. The number of phenols is 12. The van der Waals surface area contributed by atoms with E-state index in [-0.39, 0.29) is 22.3 Å². The Morgan fingerprint density at radius 3 is 0.450 bits per heavy atom. The number of hydrogen-bond donors (Lipinski definition) is 16. The van der Waals surface area contributed by atoms with Crippen LogP contribution in [-0.2, 0) is 40.5 Å². The summed E-state index contributed by atoms with van der Waals surface area (Å²) < 4.78 is 138. The lowest BCUT2D eigenvalue weighted by Crippen LogP contribution is -2.13. The first-order valence-corrected chi connectivity index (χ1v) is 28.4. The van der Waals surface area contributed by atoms with Crippen LogP contribution in [0.25, 0.3) is 0 Å². The lowest BCUT2D eigenvalue weighted by atomic mass is 9.74. The van der Waals surface area contributed by atoms with Crippen LogP contribution >= 0.6 is 0 Å². The highest BCUT2D eigenvalue weighted by molar-refractivity contribution is 7.86. The molecule has 8 aromatic carbocycles. The Balaban J connectivity index is 1.54. The van der Waals surface area contributed by atoms with E-state index in [1.807, 2.05) is 0 Å². The molecule has 8 bridgehead atoms. The number of benzene rings is 8. The van der Waals surface area contributed by atoms with Gasteiger partial charge in [0.25, 0.3) is 40.5 Å². The van der Waals surface area contributed by atoms with E-state index in [1.54, 1.807) is 0 Å². The molecule has 1 aliphatic rings. The van der Waals surface area contributed by atoms with Gasteiger partial charge in [0.05, 0.1) is 19.6 Å². The smallest absolute Gasteiger partial charge is 0.294 e. The average Bonchev–Trinajstić information content (AvgIpc) is 3.39. The average molecular weight is 1180 g/mol. The predicted molar refractivity (Wildman–Crippen MR) is 275 cm³/mol. The fourth-order valence-electron chi connectivity index (χ4n) is 9.96. The minimum Gasteiger partial charge on any atom is -0.504 e. The van der Waals surface area contributed by atoms with Gasteiger partial charge in [-0.25, -0.2) is 0 Å².